The second-order valence-electron chi connectivity index (χ2n) is 5.43. The lowest BCUT2D eigenvalue weighted by molar-refractivity contribution is 0.0498. The van der Waals surface area contributed by atoms with E-state index in [4.69, 9.17) is 11.2 Å². The minimum Gasteiger partial charge on any atom is -0.444 e. The van der Waals surface area contributed by atoms with Crippen LogP contribution in [0.2, 0.25) is 0 Å². The van der Waals surface area contributed by atoms with Crippen molar-refractivity contribution in [1.82, 2.24) is 10.6 Å². The fraction of sp³-hybridized carbons (Fsp3) is 0.769. The summed E-state index contributed by atoms with van der Waals surface area (Å²) in [5, 5.41) is 6.02. The quantitative estimate of drug-likeness (QED) is 0.564. The standard InChI is InChI=1S/C13H22N2O2/c1-5-8-14-9-11(10-6-7-10)15-12(16)17-13(2,3)4/h1,10-11,14H,6-9H2,2-4H3,(H,15,16). The Kier molecular flexibility index (Phi) is 4.83. The van der Waals surface area contributed by atoms with Gasteiger partial charge in [0.2, 0.25) is 0 Å². The van der Waals surface area contributed by atoms with Gasteiger partial charge in [-0.25, -0.2) is 4.79 Å². The van der Waals surface area contributed by atoms with E-state index in [1.54, 1.807) is 0 Å². The van der Waals surface area contributed by atoms with Crippen LogP contribution in [0.15, 0.2) is 0 Å². The van der Waals surface area contributed by atoms with E-state index < -0.39 is 5.60 Å². The Morgan fingerprint density at radius 2 is 2.18 bits per heavy atom. The number of hydrogen-bond acceptors (Lipinski definition) is 3. The van der Waals surface area contributed by atoms with Gasteiger partial charge in [-0.05, 0) is 39.5 Å². The summed E-state index contributed by atoms with van der Waals surface area (Å²) < 4.78 is 5.23. The lowest BCUT2D eigenvalue weighted by atomic mass is 10.2. The molecule has 1 fully saturated rings. The highest BCUT2D eigenvalue weighted by Crippen LogP contribution is 2.32. The first-order valence-electron chi connectivity index (χ1n) is 6.06. The Hall–Kier alpha value is -1.21. The fourth-order valence-corrected chi connectivity index (χ4v) is 1.59. The largest absolute Gasteiger partial charge is 0.444 e. The molecule has 4 heteroatoms. The molecular formula is C13H22N2O2. The van der Waals surface area contributed by atoms with Crippen LogP contribution in [0.1, 0.15) is 33.6 Å². The van der Waals surface area contributed by atoms with E-state index in [1.807, 2.05) is 20.8 Å². The molecule has 1 aliphatic carbocycles. The molecule has 0 aromatic carbocycles. The number of nitrogens with one attached hydrogen (secondary N) is 2. The van der Waals surface area contributed by atoms with E-state index in [1.165, 1.54) is 0 Å². The molecule has 1 amide bonds. The van der Waals surface area contributed by atoms with Gasteiger partial charge in [0, 0.05) is 12.6 Å². The molecule has 0 bridgehead atoms. The number of amides is 1. The fourth-order valence-electron chi connectivity index (χ4n) is 1.59. The van der Waals surface area contributed by atoms with Crippen LogP contribution in [0.4, 0.5) is 4.79 Å². The number of carbonyl (C=O) groups excluding carboxylic acids is 1. The van der Waals surface area contributed by atoms with Gasteiger partial charge in [0.1, 0.15) is 5.60 Å². The Balaban J connectivity index is 2.33. The molecule has 0 aliphatic heterocycles. The van der Waals surface area contributed by atoms with Crippen LogP contribution in [0.5, 0.6) is 0 Å². The predicted octanol–water partition coefficient (Wildman–Crippen LogP) is 1.51. The molecule has 1 unspecified atom stereocenters. The highest BCUT2D eigenvalue weighted by molar-refractivity contribution is 5.68. The zero-order chi connectivity index (χ0) is 12.9. The van der Waals surface area contributed by atoms with Gasteiger partial charge < -0.3 is 15.4 Å². The van der Waals surface area contributed by atoms with Crippen molar-refractivity contribution in [3.05, 3.63) is 0 Å². The van der Waals surface area contributed by atoms with Crippen molar-refractivity contribution in [1.29, 1.82) is 0 Å². The van der Waals surface area contributed by atoms with Gasteiger partial charge in [-0.1, -0.05) is 5.92 Å². The Morgan fingerprint density at radius 3 is 2.65 bits per heavy atom. The molecule has 0 aromatic rings. The maximum Gasteiger partial charge on any atom is 0.407 e. The van der Waals surface area contributed by atoms with Crippen molar-refractivity contribution in [2.45, 2.75) is 45.3 Å². The molecule has 1 atom stereocenters. The maximum absolute atomic E-state index is 11.6. The molecule has 0 spiro atoms. The number of terminal acetylenes is 1. The van der Waals surface area contributed by atoms with Crippen LogP contribution in [0.3, 0.4) is 0 Å². The lowest BCUT2D eigenvalue weighted by Crippen LogP contribution is -2.45. The van der Waals surface area contributed by atoms with Crippen molar-refractivity contribution < 1.29 is 9.53 Å². The molecule has 0 saturated heterocycles. The van der Waals surface area contributed by atoms with Crippen LogP contribution >= 0.6 is 0 Å². The third-order valence-corrected chi connectivity index (χ3v) is 2.48. The molecule has 17 heavy (non-hydrogen) atoms. The summed E-state index contributed by atoms with van der Waals surface area (Å²) in [5.74, 6) is 3.08. The summed E-state index contributed by atoms with van der Waals surface area (Å²) >= 11 is 0. The summed E-state index contributed by atoms with van der Waals surface area (Å²) in [6.07, 6.45) is 7.15. The number of ether oxygens (including phenoxy) is 1. The van der Waals surface area contributed by atoms with Gasteiger partial charge in [-0.2, -0.15) is 0 Å². The molecule has 0 aromatic heterocycles. The van der Waals surface area contributed by atoms with Gasteiger partial charge in [-0.15, -0.1) is 6.42 Å². The molecule has 2 N–H and O–H groups in total. The van der Waals surface area contributed by atoms with Crippen molar-refractivity contribution in [2.24, 2.45) is 5.92 Å². The molecule has 1 aliphatic rings. The average Bonchev–Trinajstić information content (AvgIpc) is 2.96. The van der Waals surface area contributed by atoms with E-state index in [0.29, 0.717) is 19.0 Å². The Labute approximate surface area is 103 Å². The molecule has 1 rings (SSSR count). The molecule has 0 heterocycles. The van der Waals surface area contributed by atoms with Gasteiger partial charge in [-0.3, -0.25) is 0 Å². The van der Waals surface area contributed by atoms with Gasteiger partial charge in [0.25, 0.3) is 0 Å². The zero-order valence-electron chi connectivity index (χ0n) is 10.9. The normalized spacial score (nSPS) is 17.1. The Morgan fingerprint density at radius 1 is 1.53 bits per heavy atom. The molecule has 4 nitrogen and oxygen atoms in total. The summed E-state index contributed by atoms with van der Waals surface area (Å²) in [7, 11) is 0. The summed E-state index contributed by atoms with van der Waals surface area (Å²) in [6.45, 7) is 6.80. The summed E-state index contributed by atoms with van der Waals surface area (Å²) in [5.41, 5.74) is -0.454. The average molecular weight is 238 g/mol. The van der Waals surface area contributed by atoms with Crippen LogP contribution in [0.25, 0.3) is 0 Å². The predicted molar refractivity (Wildman–Crippen MR) is 67.6 cm³/mol. The van der Waals surface area contributed by atoms with E-state index in [0.717, 1.165) is 12.8 Å². The van der Waals surface area contributed by atoms with Crippen LogP contribution < -0.4 is 10.6 Å². The van der Waals surface area contributed by atoms with E-state index in [2.05, 4.69) is 16.6 Å². The lowest BCUT2D eigenvalue weighted by Gasteiger charge is -2.23. The van der Waals surface area contributed by atoms with E-state index in [-0.39, 0.29) is 12.1 Å². The van der Waals surface area contributed by atoms with Gasteiger partial charge >= 0.3 is 6.09 Å². The van der Waals surface area contributed by atoms with E-state index in [9.17, 15) is 4.79 Å². The second-order valence-corrected chi connectivity index (χ2v) is 5.43. The topological polar surface area (TPSA) is 50.4 Å². The van der Waals surface area contributed by atoms with Crippen molar-refractivity contribution in [2.75, 3.05) is 13.1 Å². The summed E-state index contributed by atoms with van der Waals surface area (Å²) in [6, 6.07) is 0.123. The molecule has 0 radical (unpaired) electrons. The zero-order valence-corrected chi connectivity index (χ0v) is 10.9. The molecule has 1 saturated carbocycles. The first-order chi connectivity index (χ1) is 7.92. The first-order valence-corrected chi connectivity index (χ1v) is 6.06. The minimum absolute atomic E-state index is 0.123. The summed E-state index contributed by atoms with van der Waals surface area (Å²) in [4.78, 5) is 11.6. The number of carbonyl (C=O) groups is 1. The smallest absolute Gasteiger partial charge is 0.407 e. The number of hydrogen-bond donors (Lipinski definition) is 2. The highest BCUT2D eigenvalue weighted by atomic mass is 16.6. The molecular weight excluding hydrogens is 216 g/mol. The van der Waals surface area contributed by atoms with Gasteiger partial charge in [0.15, 0.2) is 0 Å². The third kappa shape index (κ3) is 6.18. The van der Waals surface area contributed by atoms with Crippen molar-refractivity contribution in [3.63, 3.8) is 0 Å². The molecule has 96 valence electrons. The van der Waals surface area contributed by atoms with Crippen LogP contribution in [-0.2, 0) is 4.74 Å². The monoisotopic (exact) mass is 238 g/mol. The maximum atomic E-state index is 11.6. The number of rotatable bonds is 5. The Bertz CT molecular complexity index is 298. The second kappa shape index (κ2) is 5.92. The third-order valence-electron chi connectivity index (χ3n) is 2.48. The number of alkyl carbamates (subject to hydrolysis) is 1. The van der Waals surface area contributed by atoms with Gasteiger partial charge in [0.05, 0.1) is 6.54 Å². The van der Waals surface area contributed by atoms with E-state index >= 15 is 0 Å². The van der Waals surface area contributed by atoms with Crippen LogP contribution in [0, 0.1) is 18.3 Å². The first kappa shape index (κ1) is 13.9. The SMILES string of the molecule is C#CCNCC(NC(=O)OC(C)(C)C)C1CC1. The highest BCUT2D eigenvalue weighted by Gasteiger charge is 2.32. The minimum atomic E-state index is -0.454. The van der Waals surface area contributed by atoms with Crippen molar-refractivity contribution in [3.8, 4) is 12.3 Å². The van der Waals surface area contributed by atoms with Crippen LogP contribution in [-0.4, -0.2) is 30.8 Å². The van der Waals surface area contributed by atoms with Crippen molar-refractivity contribution >= 4 is 6.09 Å².